The Kier molecular flexibility index (Phi) is 3.73. The number of aryl methyl sites for hydroxylation is 3. The summed E-state index contributed by atoms with van der Waals surface area (Å²) in [5.41, 5.74) is 5.30. The molecule has 0 bridgehead atoms. The molecule has 3 heterocycles. The van der Waals surface area contributed by atoms with Crippen LogP contribution in [-0.2, 0) is 11.2 Å². The highest BCUT2D eigenvalue weighted by molar-refractivity contribution is 7.13. The highest BCUT2D eigenvalue weighted by Crippen LogP contribution is 2.23. The molecule has 0 radical (unpaired) electrons. The van der Waals surface area contributed by atoms with Crippen LogP contribution in [0.25, 0.3) is 16.6 Å². The molecule has 0 aliphatic heterocycles. The Hall–Kier alpha value is -2.80. The van der Waals surface area contributed by atoms with E-state index in [0.717, 1.165) is 39.2 Å². The van der Waals surface area contributed by atoms with Gasteiger partial charge < -0.3 is 5.32 Å². The van der Waals surface area contributed by atoms with Gasteiger partial charge in [0.15, 0.2) is 10.8 Å². The Morgan fingerprint density at radius 1 is 1.20 bits per heavy atom. The summed E-state index contributed by atoms with van der Waals surface area (Å²) in [4.78, 5) is 21.4. The molecule has 0 spiro atoms. The maximum absolute atomic E-state index is 12.4. The lowest BCUT2D eigenvalue weighted by atomic mass is 10.1. The average molecular weight is 351 g/mol. The van der Waals surface area contributed by atoms with Gasteiger partial charge in [-0.25, -0.2) is 14.5 Å². The maximum Gasteiger partial charge on any atom is 0.230 e. The Balaban J connectivity index is 1.71. The molecular weight excluding hydrogens is 334 g/mol. The van der Waals surface area contributed by atoms with Gasteiger partial charge in [-0.05, 0) is 32.9 Å². The van der Waals surface area contributed by atoms with E-state index < -0.39 is 0 Å². The second-order valence-electron chi connectivity index (χ2n) is 6.03. The number of amides is 1. The summed E-state index contributed by atoms with van der Waals surface area (Å²) in [6, 6.07) is 7.92. The topological polar surface area (TPSA) is 72.2 Å². The minimum atomic E-state index is -0.0987. The largest absolute Gasteiger partial charge is 0.302 e. The van der Waals surface area contributed by atoms with E-state index in [1.54, 1.807) is 0 Å². The number of hydrogen-bond acceptors (Lipinski definition) is 5. The highest BCUT2D eigenvalue weighted by Gasteiger charge is 2.16. The first-order chi connectivity index (χ1) is 12.0. The number of hydrogen-bond donors (Lipinski definition) is 1. The number of thiazole rings is 1. The molecule has 0 saturated heterocycles. The van der Waals surface area contributed by atoms with Gasteiger partial charge in [0, 0.05) is 27.7 Å². The van der Waals surface area contributed by atoms with Crippen LogP contribution in [-0.4, -0.2) is 25.5 Å². The van der Waals surface area contributed by atoms with Crippen LogP contribution >= 0.6 is 11.3 Å². The lowest BCUT2D eigenvalue weighted by Gasteiger charge is -2.10. The molecule has 4 aromatic rings. The Bertz CT molecular complexity index is 1110. The molecule has 1 N–H and O–H groups in total. The van der Waals surface area contributed by atoms with E-state index in [2.05, 4.69) is 15.4 Å². The third-order valence-electron chi connectivity index (χ3n) is 4.22. The molecule has 0 unspecified atom stereocenters. The van der Waals surface area contributed by atoms with Gasteiger partial charge in [-0.1, -0.05) is 12.1 Å². The average Bonchev–Trinajstić information content (AvgIpc) is 3.15. The van der Waals surface area contributed by atoms with E-state index in [9.17, 15) is 4.79 Å². The molecule has 6 nitrogen and oxygen atoms in total. The van der Waals surface area contributed by atoms with E-state index in [1.165, 1.54) is 11.3 Å². The van der Waals surface area contributed by atoms with Crippen molar-refractivity contribution < 1.29 is 4.79 Å². The molecule has 1 amide bonds. The van der Waals surface area contributed by atoms with Gasteiger partial charge in [0.2, 0.25) is 5.91 Å². The van der Waals surface area contributed by atoms with E-state index in [0.29, 0.717) is 5.13 Å². The van der Waals surface area contributed by atoms with Crippen LogP contribution in [0.2, 0.25) is 0 Å². The minimum Gasteiger partial charge on any atom is -0.302 e. The Morgan fingerprint density at radius 3 is 2.76 bits per heavy atom. The molecule has 3 aromatic heterocycles. The summed E-state index contributed by atoms with van der Waals surface area (Å²) in [5.74, 6) is -0.0987. The van der Waals surface area contributed by atoms with Gasteiger partial charge >= 0.3 is 0 Å². The van der Waals surface area contributed by atoms with E-state index >= 15 is 0 Å². The van der Waals surface area contributed by atoms with Crippen LogP contribution in [0.4, 0.5) is 5.13 Å². The molecule has 0 aliphatic carbocycles. The van der Waals surface area contributed by atoms with E-state index in [1.807, 2.05) is 54.9 Å². The summed E-state index contributed by atoms with van der Waals surface area (Å²) >= 11 is 1.43. The SMILES string of the molecule is Cc1csc(NC(=O)Cc2c(C)nc3c4ccccc4nn3c2C)n1. The smallest absolute Gasteiger partial charge is 0.230 e. The zero-order valence-corrected chi connectivity index (χ0v) is 15.0. The number of anilines is 1. The number of nitrogens with one attached hydrogen (secondary N) is 1. The number of carbonyl (C=O) groups is 1. The number of fused-ring (bicyclic) bond motifs is 3. The summed E-state index contributed by atoms with van der Waals surface area (Å²) in [5, 5.41) is 11.0. The maximum atomic E-state index is 12.4. The van der Waals surface area contributed by atoms with Gasteiger partial charge in [-0.2, -0.15) is 5.10 Å². The first kappa shape index (κ1) is 15.7. The van der Waals surface area contributed by atoms with Crippen molar-refractivity contribution in [1.29, 1.82) is 0 Å². The fourth-order valence-electron chi connectivity index (χ4n) is 2.97. The standard InChI is InChI=1S/C18H17N5OS/c1-10-9-25-18(19-10)21-16(24)8-14-11(2)20-17-13-6-4-5-7-15(13)22-23(17)12(14)3/h4-7,9H,8H2,1-3H3,(H,19,21,24). The molecule has 0 aliphatic rings. The molecule has 1 aromatic carbocycles. The van der Waals surface area contributed by atoms with Crippen molar-refractivity contribution in [3.63, 3.8) is 0 Å². The van der Waals surface area contributed by atoms with Crippen molar-refractivity contribution in [2.24, 2.45) is 0 Å². The van der Waals surface area contributed by atoms with Crippen molar-refractivity contribution in [3.05, 3.63) is 52.3 Å². The Morgan fingerprint density at radius 2 is 2.00 bits per heavy atom. The lowest BCUT2D eigenvalue weighted by Crippen LogP contribution is -2.17. The number of nitrogens with zero attached hydrogens (tertiary/aromatic N) is 4. The van der Waals surface area contributed by atoms with E-state index in [-0.39, 0.29) is 12.3 Å². The number of carbonyl (C=O) groups excluding carboxylic acids is 1. The summed E-state index contributed by atoms with van der Waals surface area (Å²) in [7, 11) is 0. The van der Waals surface area contributed by atoms with Crippen LogP contribution < -0.4 is 5.32 Å². The molecule has 25 heavy (non-hydrogen) atoms. The van der Waals surface area contributed by atoms with Crippen LogP contribution in [0.1, 0.15) is 22.6 Å². The van der Waals surface area contributed by atoms with Crippen LogP contribution in [0, 0.1) is 20.8 Å². The van der Waals surface area contributed by atoms with Crippen molar-refractivity contribution >= 4 is 38.9 Å². The van der Waals surface area contributed by atoms with Crippen LogP contribution in [0.15, 0.2) is 29.6 Å². The zero-order chi connectivity index (χ0) is 17.6. The van der Waals surface area contributed by atoms with Gasteiger partial charge in [-0.3, -0.25) is 4.79 Å². The van der Waals surface area contributed by atoms with Crippen molar-refractivity contribution in [2.75, 3.05) is 5.32 Å². The quantitative estimate of drug-likeness (QED) is 0.614. The molecule has 0 saturated carbocycles. The summed E-state index contributed by atoms with van der Waals surface area (Å²) in [6.45, 7) is 5.81. The van der Waals surface area contributed by atoms with Crippen LogP contribution in [0.3, 0.4) is 0 Å². The highest BCUT2D eigenvalue weighted by atomic mass is 32.1. The van der Waals surface area contributed by atoms with E-state index in [4.69, 9.17) is 4.98 Å². The monoisotopic (exact) mass is 351 g/mol. The third-order valence-corrected chi connectivity index (χ3v) is 5.10. The fraction of sp³-hybridized carbons (Fsp3) is 0.222. The predicted molar refractivity (Wildman–Crippen MR) is 99.2 cm³/mol. The lowest BCUT2D eigenvalue weighted by molar-refractivity contribution is -0.115. The molecular formula is C18H17N5OS. The van der Waals surface area contributed by atoms with Gasteiger partial charge in [0.1, 0.15) is 0 Å². The first-order valence-corrected chi connectivity index (χ1v) is 8.86. The second kappa shape index (κ2) is 5.93. The van der Waals surface area contributed by atoms with Gasteiger partial charge in [0.25, 0.3) is 0 Å². The number of rotatable bonds is 3. The number of aromatic nitrogens is 4. The first-order valence-electron chi connectivity index (χ1n) is 7.98. The third kappa shape index (κ3) is 2.76. The number of benzene rings is 1. The van der Waals surface area contributed by atoms with Gasteiger partial charge in [-0.15, -0.1) is 11.3 Å². The molecule has 126 valence electrons. The fourth-order valence-corrected chi connectivity index (χ4v) is 3.67. The molecule has 0 fully saturated rings. The summed E-state index contributed by atoms with van der Waals surface area (Å²) in [6.07, 6.45) is 0.245. The summed E-state index contributed by atoms with van der Waals surface area (Å²) < 4.78 is 1.83. The molecule has 4 rings (SSSR count). The zero-order valence-electron chi connectivity index (χ0n) is 14.2. The normalized spacial score (nSPS) is 11.3. The molecule has 7 heteroatoms. The minimum absolute atomic E-state index is 0.0987. The molecule has 0 atom stereocenters. The van der Waals surface area contributed by atoms with Crippen molar-refractivity contribution in [3.8, 4) is 0 Å². The second-order valence-corrected chi connectivity index (χ2v) is 6.89. The van der Waals surface area contributed by atoms with Crippen molar-refractivity contribution in [2.45, 2.75) is 27.2 Å². The van der Waals surface area contributed by atoms with Crippen LogP contribution in [0.5, 0.6) is 0 Å². The van der Waals surface area contributed by atoms with Gasteiger partial charge in [0.05, 0.1) is 17.6 Å². The predicted octanol–water partition coefficient (Wildman–Crippen LogP) is 3.45. The Labute approximate surface area is 148 Å². The van der Waals surface area contributed by atoms with Crippen molar-refractivity contribution in [1.82, 2.24) is 19.6 Å².